The van der Waals surface area contributed by atoms with E-state index in [-0.39, 0.29) is 5.02 Å². The topological polar surface area (TPSA) is 69.9 Å². The minimum Gasteiger partial charge on any atom is -0.465 e. The number of nitrogens with zero attached hydrogens (tertiary/aromatic N) is 4. The third-order valence-corrected chi connectivity index (χ3v) is 2.84. The normalized spacial score (nSPS) is 10.3. The van der Waals surface area contributed by atoms with Gasteiger partial charge < -0.3 is 4.74 Å². The third kappa shape index (κ3) is 2.29. The van der Waals surface area contributed by atoms with Crippen LogP contribution in [0.4, 0.5) is 0 Å². The van der Waals surface area contributed by atoms with E-state index in [9.17, 15) is 4.79 Å². The van der Waals surface area contributed by atoms with Gasteiger partial charge >= 0.3 is 5.97 Å². The van der Waals surface area contributed by atoms with Crippen molar-refractivity contribution >= 4 is 33.5 Å². The lowest BCUT2D eigenvalue weighted by molar-refractivity contribution is 0.0601. The number of hydrogen-bond acceptors (Lipinski definition) is 5. The maximum Gasteiger partial charge on any atom is 0.339 e. The summed E-state index contributed by atoms with van der Waals surface area (Å²) in [5.41, 5.74) is 0.932. The number of halogens is 2. The van der Waals surface area contributed by atoms with E-state index in [4.69, 9.17) is 11.6 Å². The predicted molar refractivity (Wildman–Crippen MR) is 63.2 cm³/mol. The molecule has 0 amide bonds. The van der Waals surface area contributed by atoms with Gasteiger partial charge in [-0.2, -0.15) is 4.68 Å². The van der Waals surface area contributed by atoms with Gasteiger partial charge in [-0.25, -0.2) is 4.79 Å². The maximum absolute atomic E-state index is 11.3. The molecule has 0 aliphatic carbocycles. The minimum atomic E-state index is -0.489. The maximum atomic E-state index is 11.3. The van der Waals surface area contributed by atoms with Crippen molar-refractivity contribution in [2.24, 2.45) is 0 Å². The highest BCUT2D eigenvalue weighted by Gasteiger charge is 2.13. The summed E-state index contributed by atoms with van der Waals surface area (Å²) in [5.74, 6) is -0.489. The average Bonchev–Trinajstić information content (AvgIpc) is 2.74. The van der Waals surface area contributed by atoms with Crippen molar-refractivity contribution in [3.63, 3.8) is 0 Å². The van der Waals surface area contributed by atoms with E-state index < -0.39 is 5.97 Å². The lowest BCUT2D eigenvalue weighted by Gasteiger charge is -2.05. The van der Waals surface area contributed by atoms with Gasteiger partial charge in [0.1, 0.15) is 0 Å². The molecule has 0 N–H and O–H groups in total. The van der Waals surface area contributed by atoms with E-state index in [0.717, 1.165) is 0 Å². The molecule has 17 heavy (non-hydrogen) atoms. The number of carbonyl (C=O) groups excluding carboxylic acids is 1. The lowest BCUT2D eigenvalue weighted by atomic mass is 10.2. The summed E-state index contributed by atoms with van der Waals surface area (Å²) in [6, 6.07) is 4.80. The van der Waals surface area contributed by atoms with Crippen LogP contribution in [0.3, 0.4) is 0 Å². The molecule has 0 aliphatic rings. The van der Waals surface area contributed by atoms with Gasteiger partial charge in [-0.15, -0.1) is 5.10 Å². The Kier molecular flexibility index (Phi) is 3.39. The van der Waals surface area contributed by atoms with Gasteiger partial charge in [0, 0.05) is 0 Å². The van der Waals surface area contributed by atoms with E-state index in [1.807, 2.05) is 0 Å². The number of carbonyl (C=O) groups is 1. The third-order valence-electron chi connectivity index (χ3n) is 2.03. The molecule has 8 heteroatoms. The first kappa shape index (κ1) is 12.0. The summed E-state index contributed by atoms with van der Waals surface area (Å²) in [7, 11) is 1.30. The van der Waals surface area contributed by atoms with Crippen molar-refractivity contribution in [2.45, 2.75) is 0 Å². The van der Waals surface area contributed by atoms with Crippen LogP contribution in [0.5, 0.6) is 0 Å². The Balaban J connectivity index is 2.44. The van der Waals surface area contributed by atoms with Crippen LogP contribution in [0.25, 0.3) is 5.69 Å². The molecule has 6 nitrogen and oxygen atoms in total. The van der Waals surface area contributed by atoms with Crippen LogP contribution in [-0.2, 0) is 4.74 Å². The standard InChI is InChI=1S/C9H6BrClN4O2/c1-17-8(16)6-3-2-5(4-7(6)11)15-9(10)12-13-14-15/h2-4H,1H3. The lowest BCUT2D eigenvalue weighted by Crippen LogP contribution is -2.04. The molecule has 0 atom stereocenters. The molecule has 0 saturated carbocycles. The Morgan fingerprint density at radius 3 is 2.82 bits per heavy atom. The number of aromatic nitrogens is 4. The highest BCUT2D eigenvalue weighted by atomic mass is 79.9. The molecular formula is C9H6BrClN4O2. The van der Waals surface area contributed by atoms with Gasteiger partial charge in [0.25, 0.3) is 0 Å². The van der Waals surface area contributed by atoms with Crippen LogP contribution < -0.4 is 0 Å². The number of hydrogen-bond donors (Lipinski definition) is 0. The van der Waals surface area contributed by atoms with Gasteiger partial charge in [0.2, 0.25) is 4.73 Å². The fraction of sp³-hybridized carbons (Fsp3) is 0.111. The zero-order valence-electron chi connectivity index (χ0n) is 8.59. The summed E-state index contributed by atoms with van der Waals surface area (Å²) in [6.07, 6.45) is 0. The summed E-state index contributed by atoms with van der Waals surface area (Å²) in [5, 5.41) is 11.2. The van der Waals surface area contributed by atoms with Gasteiger partial charge in [-0.1, -0.05) is 11.6 Å². The first-order chi connectivity index (χ1) is 8.13. The van der Waals surface area contributed by atoms with Crippen molar-refractivity contribution in [2.75, 3.05) is 7.11 Å². The summed E-state index contributed by atoms with van der Waals surface area (Å²) in [6.45, 7) is 0. The average molecular weight is 318 g/mol. The molecule has 0 bridgehead atoms. The first-order valence-electron chi connectivity index (χ1n) is 4.45. The van der Waals surface area contributed by atoms with Crippen LogP contribution in [0.1, 0.15) is 10.4 Å². The molecule has 1 heterocycles. The molecule has 0 aliphatic heterocycles. The van der Waals surface area contributed by atoms with E-state index >= 15 is 0 Å². The van der Waals surface area contributed by atoms with E-state index in [2.05, 4.69) is 36.2 Å². The van der Waals surface area contributed by atoms with Gasteiger partial charge in [0.05, 0.1) is 23.4 Å². The summed E-state index contributed by atoms with van der Waals surface area (Å²) < 4.78 is 6.47. The highest BCUT2D eigenvalue weighted by molar-refractivity contribution is 9.10. The van der Waals surface area contributed by atoms with Crippen LogP contribution in [-0.4, -0.2) is 33.3 Å². The smallest absolute Gasteiger partial charge is 0.339 e. The summed E-state index contributed by atoms with van der Waals surface area (Å²) >= 11 is 9.16. The van der Waals surface area contributed by atoms with Crippen LogP contribution in [0.2, 0.25) is 5.02 Å². The zero-order valence-corrected chi connectivity index (χ0v) is 10.9. The summed E-state index contributed by atoms with van der Waals surface area (Å²) in [4.78, 5) is 11.3. The molecule has 2 aromatic rings. The number of methoxy groups -OCH3 is 1. The number of tetrazole rings is 1. The second kappa shape index (κ2) is 4.80. The molecule has 1 aromatic carbocycles. The van der Waals surface area contributed by atoms with Gasteiger partial charge in [-0.3, -0.25) is 0 Å². The molecule has 0 spiro atoms. The zero-order chi connectivity index (χ0) is 12.4. The molecule has 0 fully saturated rings. The van der Waals surface area contributed by atoms with Crippen molar-refractivity contribution in [3.05, 3.63) is 33.5 Å². The second-order valence-electron chi connectivity index (χ2n) is 3.02. The quantitative estimate of drug-likeness (QED) is 0.791. The largest absolute Gasteiger partial charge is 0.465 e. The SMILES string of the molecule is COC(=O)c1ccc(-n2nnnc2Br)cc1Cl. The first-order valence-corrected chi connectivity index (χ1v) is 5.62. The number of esters is 1. The molecule has 1 aromatic heterocycles. The highest BCUT2D eigenvalue weighted by Crippen LogP contribution is 2.22. The van der Waals surface area contributed by atoms with Crippen molar-refractivity contribution < 1.29 is 9.53 Å². The van der Waals surface area contributed by atoms with Crippen molar-refractivity contribution in [3.8, 4) is 5.69 Å². The van der Waals surface area contributed by atoms with Gasteiger partial charge in [0.15, 0.2) is 0 Å². The Bertz CT molecular complexity index is 572. The minimum absolute atomic E-state index is 0.275. The van der Waals surface area contributed by atoms with E-state index in [0.29, 0.717) is 16.0 Å². The van der Waals surface area contributed by atoms with Crippen LogP contribution in [0.15, 0.2) is 22.9 Å². The Morgan fingerprint density at radius 2 is 2.29 bits per heavy atom. The van der Waals surface area contributed by atoms with E-state index in [1.165, 1.54) is 11.8 Å². The number of ether oxygens (including phenoxy) is 1. The Labute approximate surface area is 110 Å². The molecule has 0 unspecified atom stereocenters. The fourth-order valence-electron chi connectivity index (χ4n) is 1.25. The molecule has 88 valence electrons. The monoisotopic (exact) mass is 316 g/mol. The van der Waals surface area contributed by atoms with Crippen LogP contribution >= 0.6 is 27.5 Å². The molecule has 2 rings (SSSR count). The van der Waals surface area contributed by atoms with Gasteiger partial charge in [-0.05, 0) is 44.6 Å². The molecule has 0 saturated heterocycles. The van der Waals surface area contributed by atoms with Crippen LogP contribution in [0, 0.1) is 0 Å². The van der Waals surface area contributed by atoms with Crippen molar-refractivity contribution in [1.29, 1.82) is 0 Å². The van der Waals surface area contributed by atoms with E-state index in [1.54, 1.807) is 18.2 Å². The predicted octanol–water partition coefficient (Wildman–Crippen LogP) is 1.86. The fourth-order valence-corrected chi connectivity index (χ4v) is 1.84. The Morgan fingerprint density at radius 1 is 1.53 bits per heavy atom. The number of rotatable bonds is 2. The number of benzene rings is 1. The van der Waals surface area contributed by atoms with Crippen molar-refractivity contribution in [1.82, 2.24) is 20.2 Å². The molecule has 0 radical (unpaired) electrons. The second-order valence-corrected chi connectivity index (χ2v) is 4.13. The Hall–Kier alpha value is -1.47. The molecular weight excluding hydrogens is 311 g/mol.